The molecule has 4 rings (SSSR count). The molecule has 0 unspecified atom stereocenters. The van der Waals surface area contributed by atoms with Gasteiger partial charge in [0.15, 0.2) is 0 Å². The largest absolute Gasteiger partial charge is 0.377 e. The van der Waals surface area contributed by atoms with Crippen LogP contribution in [0.1, 0.15) is 40.6 Å². The van der Waals surface area contributed by atoms with Crippen LogP contribution in [0.3, 0.4) is 0 Å². The summed E-state index contributed by atoms with van der Waals surface area (Å²) in [6.45, 7) is 4.39. The Morgan fingerprint density at radius 3 is 2.64 bits per heavy atom. The van der Waals surface area contributed by atoms with Crippen molar-refractivity contribution in [1.29, 1.82) is 0 Å². The van der Waals surface area contributed by atoms with Crippen LogP contribution in [-0.2, 0) is 0 Å². The molecule has 0 spiro atoms. The zero-order chi connectivity index (χ0) is 15.3. The van der Waals surface area contributed by atoms with Crippen molar-refractivity contribution in [3.8, 4) is 0 Å². The van der Waals surface area contributed by atoms with Gasteiger partial charge in [0.25, 0.3) is 0 Å². The number of hydrogen-bond donors (Lipinski definition) is 1. The van der Waals surface area contributed by atoms with Crippen LogP contribution in [0.5, 0.6) is 0 Å². The number of nitrogens with one attached hydrogen (secondary N) is 1. The van der Waals surface area contributed by atoms with Crippen molar-refractivity contribution in [2.24, 2.45) is 5.92 Å². The Bertz CT molecular complexity index is 745. The van der Waals surface area contributed by atoms with Gasteiger partial charge in [0, 0.05) is 16.6 Å². The van der Waals surface area contributed by atoms with Gasteiger partial charge in [-0.2, -0.15) is 0 Å². The SMILES string of the molecule is Cc1cc(C)c2c(c1)[C@@H]1C=CC[C@@H]1[C@H](c1ccc(Cl)cc1)N2. The smallest absolute Gasteiger partial charge is 0.0554 e. The molecule has 2 aromatic rings. The monoisotopic (exact) mass is 309 g/mol. The topological polar surface area (TPSA) is 12.0 Å². The molecule has 2 aromatic carbocycles. The number of anilines is 1. The van der Waals surface area contributed by atoms with E-state index >= 15 is 0 Å². The van der Waals surface area contributed by atoms with Gasteiger partial charge in [0.05, 0.1) is 6.04 Å². The number of hydrogen-bond acceptors (Lipinski definition) is 1. The molecule has 0 saturated carbocycles. The summed E-state index contributed by atoms with van der Waals surface area (Å²) >= 11 is 6.05. The summed E-state index contributed by atoms with van der Waals surface area (Å²) in [5, 5.41) is 4.62. The standard InChI is InChI=1S/C20H20ClN/c1-12-10-13(2)19-18(11-12)16-4-3-5-17(16)20(22-19)14-6-8-15(21)9-7-14/h3-4,6-11,16-17,20,22H,5H2,1-2H3/t16-,17+,20+/m1/s1. The van der Waals surface area contributed by atoms with Gasteiger partial charge in [0.1, 0.15) is 0 Å². The van der Waals surface area contributed by atoms with Crippen LogP contribution >= 0.6 is 11.6 Å². The lowest BCUT2D eigenvalue weighted by Crippen LogP contribution is -2.29. The highest BCUT2D eigenvalue weighted by Crippen LogP contribution is 2.50. The van der Waals surface area contributed by atoms with Crippen LogP contribution in [-0.4, -0.2) is 0 Å². The van der Waals surface area contributed by atoms with E-state index in [9.17, 15) is 0 Å². The molecule has 2 heteroatoms. The third-order valence-corrected chi connectivity index (χ3v) is 5.29. The second-order valence-electron chi connectivity index (χ2n) is 6.57. The van der Waals surface area contributed by atoms with E-state index in [-0.39, 0.29) is 0 Å². The highest BCUT2D eigenvalue weighted by molar-refractivity contribution is 6.30. The molecule has 1 aliphatic carbocycles. The maximum Gasteiger partial charge on any atom is 0.0554 e. The molecule has 0 aromatic heterocycles. The first-order chi connectivity index (χ1) is 10.6. The van der Waals surface area contributed by atoms with Crippen molar-refractivity contribution in [3.05, 3.63) is 75.8 Å². The summed E-state index contributed by atoms with van der Waals surface area (Å²) in [5.41, 5.74) is 6.79. The highest BCUT2D eigenvalue weighted by atomic mass is 35.5. The molecule has 1 heterocycles. The van der Waals surface area contributed by atoms with Gasteiger partial charge < -0.3 is 5.32 Å². The number of allylic oxidation sites excluding steroid dienone is 2. The average Bonchev–Trinajstić information content (AvgIpc) is 2.97. The summed E-state index contributed by atoms with van der Waals surface area (Å²) in [6, 6.07) is 13.3. The fourth-order valence-electron chi connectivity index (χ4n) is 4.07. The Morgan fingerprint density at radius 1 is 1.09 bits per heavy atom. The summed E-state index contributed by atoms with van der Waals surface area (Å²) in [5.74, 6) is 1.12. The Hall–Kier alpha value is -1.73. The Labute approximate surface area is 137 Å². The average molecular weight is 310 g/mol. The highest BCUT2D eigenvalue weighted by Gasteiger charge is 2.38. The van der Waals surface area contributed by atoms with Crippen LogP contribution in [0.25, 0.3) is 0 Å². The molecular formula is C20H20ClN. The van der Waals surface area contributed by atoms with E-state index in [0.29, 0.717) is 17.9 Å². The lowest BCUT2D eigenvalue weighted by molar-refractivity contribution is 0.425. The first kappa shape index (κ1) is 13.9. The maximum absolute atomic E-state index is 6.05. The third-order valence-electron chi connectivity index (χ3n) is 5.04. The minimum absolute atomic E-state index is 0.353. The van der Waals surface area contributed by atoms with Crippen molar-refractivity contribution in [2.45, 2.75) is 32.2 Å². The molecule has 0 radical (unpaired) electrons. The summed E-state index contributed by atoms with van der Waals surface area (Å²) in [4.78, 5) is 0. The van der Waals surface area contributed by atoms with Gasteiger partial charge in [-0.05, 0) is 55.0 Å². The second kappa shape index (κ2) is 5.17. The predicted octanol–water partition coefficient (Wildman–Crippen LogP) is 5.78. The Kier molecular flexibility index (Phi) is 3.27. The Balaban J connectivity index is 1.82. The number of rotatable bonds is 1. The van der Waals surface area contributed by atoms with E-state index in [1.807, 2.05) is 12.1 Å². The first-order valence-electron chi connectivity index (χ1n) is 7.93. The molecule has 1 aliphatic heterocycles. The zero-order valence-corrected chi connectivity index (χ0v) is 13.7. The van der Waals surface area contributed by atoms with Gasteiger partial charge >= 0.3 is 0 Å². The van der Waals surface area contributed by atoms with E-state index in [4.69, 9.17) is 11.6 Å². The van der Waals surface area contributed by atoms with Gasteiger partial charge in [0.2, 0.25) is 0 Å². The fourth-order valence-corrected chi connectivity index (χ4v) is 4.20. The molecule has 3 atom stereocenters. The van der Waals surface area contributed by atoms with Crippen LogP contribution in [0.15, 0.2) is 48.6 Å². The van der Waals surface area contributed by atoms with Crippen molar-refractivity contribution >= 4 is 17.3 Å². The van der Waals surface area contributed by atoms with E-state index in [1.165, 1.54) is 27.9 Å². The maximum atomic E-state index is 6.05. The Morgan fingerprint density at radius 2 is 1.86 bits per heavy atom. The molecule has 0 saturated heterocycles. The van der Waals surface area contributed by atoms with Crippen LogP contribution in [0.4, 0.5) is 5.69 Å². The molecule has 1 nitrogen and oxygen atoms in total. The normalized spacial score (nSPS) is 25.5. The van der Waals surface area contributed by atoms with Crippen LogP contribution in [0, 0.1) is 19.8 Å². The van der Waals surface area contributed by atoms with Crippen LogP contribution < -0.4 is 5.32 Å². The van der Waals surface area contributed by atoms with E-state index in [0.717, 1.165) is 11.4 Å². The van der Waals surface area contributed by atoms with E-state index in [1.54, 1.807) is 0 Å². The summed E-state index contributed by atoms with van der Waals surface area (Å²) in [7, 11) is 0. The van der Waals surface area contributed by atoms with Gasteiger partial charge in [-0.1, -0.05) is 53.6 Å². The van der Waals surface area contributed by atoms with E-state index < -0.39 is 0 Å². The predicted molar refractivity (Wildman–Crippen MR) is 93.7 cm³/mol. The number of halogens is 1. The minimum atomic E-state index is 0.353. The lowest BCUT2D eigenvalue weighted by atomic mass is 9.76. The fraction of sp³-hybridized carbons (Fsp3) is 0.300. The molecular weight excluding hydrogens is 290 g/mol. The van der Waals surface area contributed by atoms with Crippen molar-refractivity contribution in [3.63, 3.8) is 0 Å². The van der Waals surface area contributed by atoms with E-state index in [2.05, 4.69) is 55.6 Å². The summed E-state index contributed by atoms with van der Waals surface area (Å²) < 4.78 is 0. The molecule has 0 bridgehead atoms. The van der Waals surface area contributed by atoms with Gasteiger partial charge in [-0.15, -0.1) is 0 Å². The van der Waals surface area contributed by atoms with Crippen LogP contribution in [0.2, 0.25) is 5.02 Å². The van der Waals surface area contributed by atoms with Crippen molar-refractivity contribution in [2.75, 3.05) is 5.32 Å². The first-order valence-corrected chi connectivity index (χ1v) is 8.31. The molecule has 2 aliphatic rings. The molecule has 0 fully saturated rings. The minimum Gasteiger partial charge on any atom is -0.377 e. The van der Waals surface area contributed by atoms with Gasteiger partial charge in [-0.25, -0.2) is 0 Å². The van der Waals surface area contributed by atoms with Crippen molar-refractivity contribution in [1.82, 2.24) is 0 Å². The third kappa shape index (κ3) is 2.16. The number of aryl methyl sites for hydroxylation is 2. The molecule has 112 valence electrons. The van der Waals surface area contributed by atoms with Crippen molar-refractivity contribution < 1.29 is 0 Å². The zero-order valence-electron chi connectivity index (χ0n) is 12.9. The summed E-state index contributed by atoms with van der Waals surface area (Å²) in [6.07, 6.45) is 5.87. The number of benzene rings is 2. The second-order valence-corrected chi connectivity index (χ2v) is 7.01. The van der Waals surface area contributed by atoms with Gasteiger partial charge in [-0.3, -0.25) is 0 Å². The quantitative estimate of drug-likeness (QED) is 0.658. The molecule has 0 amide bonds. The number of fused-ring (bicyclic) bond motifs is 3. The molecule has 22 heavy (non-hydrogen) atoms. The molecule has 1 N–H and O–H groups in total. The lowest BCUT2D eigenvalue weighted by Gasteiger charge is -2.38.